The molecule has 2 heteroatoms. The van der Waals surface area contributed by atoms with E-state index in [0.717, 1.165) is 38.7 Å². The first-order chi connectivity index (χ1) is 10.1. The summed E-state index contributed by atoms with van der Waals surface area (Å²) in [7, 11) is 0. The highest BCUT2D eigenvalue weighted by molar-refractivity contribution is 6.33. The lowest BCUT2D eigenvalue weighted by atomic mass is 9.96. The molecule has 0 N–H and O–H groups in total. The number of hydrogen-bond acceptors (Lipinski definition) is 1. The summed E-state index contributed by atoms with van der Waals surface area (Å²) in [5, 5.41) is 1.69. The van der Waals surface area contributed by atoms with E-state index in [4.69, 9.17) is 11.6 Å². The third-order valence-electron chi connectivity index (χ3n) is 3.82. The van der Waals surface area contributed by atoms with Gasteiger partial charge in [0.25, 0.3) is 0 Å². The van der Waals surface area contributed by atoms with Gasteiger partial charge in [-0.05, 0) is 48.2 Å². The fraction of sp³-hybridized carbons (Fsp3) is 0.105. The molecule has 3 rings (SSSR count). The summed E-state index contributed by atoms with van der Waals surface area (Å²) in [5.41, 5.74) is 6.44. The molecule has 1 aromatic heterocycles. The first-order valence-electron chi connectivity index (χ1n) is 6.90. The van der Waals surface area contributed by atoms with E-state index in [1.54, 1.807) is 0 Å². The Balaban J connectivity index is 2.40. The highest BCUT2D eigenvalue weighted by Crippen LogP contribution is 2.35. The molecule has 0 unspecified atom stereocenters. The largest absolute Gasteiger partial charge is 0.235 e. The Morgan fingerprint density at radius 1 is 1.10 bits per heavy atom. The highest BCUT2D eigenvalue weighted by atomic mass is 35.5. The Hall–Kier alpha value is -2.12. The molecule has 0 aliphatic heterocycles. The topological polar surface area (TPSA) is 12.9 Å². The van der Waals surface area contributed by atoms with Gasteiger partial charge in [-0.1, -0.05) is 54.6 Å². The van der Waals surface area contributed by atoms with E-state index in [2.05, 4.69) is 49.7 Å². The van der Waals surface area contributed by atoms with E-state index >= 15 is 0 Å². The Morgan fingerprint density at radius 2 is 1.81 bits per heavy atom. The average Bonchev–Trinajstić information content (AvgIpc) is 2.49. The number of aryl methyl sites for hydroxylation is 2. The van der Waals surface area contributed by atoms with Crippen molar-refractivity contribution >= 4 is 28.6 Å². The van der Waals surface area contributed by atoms with Crippen molar-refractivity contribution in [1.82, 2.24) is 4.98 Å². The van der Waals surface area contributed by atoms with Crippen LogP contribution < -0.4 is 0 Å². The van der Waals surface area contributed by atoms with Crippen molar-refractivity contribution in [3.05, 3.63) is 70.9 Å². The highest BCUT2D eigenvalue weighted by Gasteiger charge is 2.14. The summed E-state index contributed by atoms with van der Waals surface area (Å²) in [5.74, 6) is 0. The summed E-state index contributed by atoms with van der Waals surface area (Å²) in [6.45, 7) is 8.02. The molecular weight excluding hydrogens is 278 g/mol. The second kappa shape index (κ2) is 5.34. The number of benzene rings is 2. The van der Waals surface area contributed by atoms with Crippen molar-refractivity contribution in [3.63, 3.8) is 0 Å². The smallest absolute Gasteiger partial charge is 0.137 e. The zero-order valence-electron chi connectivity index (χ0n) is 12.2. The second-order valence-corrected chi connectivity index (χ2v) is 5.56. The molecule has 0 aliphatic rings. The summed E-state index contributed by atoms with van der Waals surface area (Å²) in [6, 6.07) is 14.4. The van der Waals surface area contributed by atoms with E-state index in [1.165, 1.54) is 0 Å². The molecule has 2 aromatic carbocycles. The molecule has 0 radical (unpaired) electrons. The molecule has 0 spiro atoms. The van der Waals surface area contributed by atoms with E-state index in [1.807, 2.05) is 24.3 Å². The molecule has 0 saturated carbocycles. The van der Waals surface area contributed by atoms with Gasteiger partial charge in [0, 0.05) is 10.9 Å². The molecule has 0 aliphatic carbocycles. The number of fused-ring (bicyclic) bond motifs is 1. The molecule has 3 aromatic rings. The lowest BCUT2D eigenvalue weighted by Gasteiger charge is -2.13. The summed E-state index contributed by atoms with van der Waals surface area (Å²) >= 11 is 6.46. The maximum atomic E-state index is 6.46. The predicted molar refractivity (Wildman–Crippen MR) is 91.8 cm³/mol. The van der Waals surface area contributed by atoms with Crippen LogP contribution in [0.3, 0.4) is 0 Å². The van der Waals surface area contributed by atoms with Gasteiger partial charge in [0.15, 0.2) is 0 Å². The van der Waals surface area contributed by atoms with Crippen molar-refractivity contribution in [3.8, 4) is 11.1 Å². The number of rotatable bonds is 2. The van der Waals surface area contributed by atoms with Crippen LogP contribution in [0.25, 0.3) is 28.1 Å². The Kier molecular flexibility index (Phi) is 3.52. The third-order valence-corrected chi connectivity index (χ3v) is 4.09. The maximum absolute atomic E-state index is 6.46. The van der Waals surface area contributed by atoms with Crippen LogP contribution in [-0.4, -0.2) is 4.98 Å². The molecular formula is C19H16ClN. The van der Waals surface area contributed by atoms with Crippen molar-refractivity contribution < 1.29 is 0 Å². The van der Waals surface area contributed by atoms with Crippen molar-refractivity contribution in [1.29, 1.82) is 0 Å². The van der Waals surface area contributed by atoms with Crippen LogP contribution in [-0.2, 0) is 0 Å². The van der Waals surface area contributed by atoms with Crippen LogP contribution in [0.4, 0.5) is 0 Å². The van der Waals surface area contributed by atoms with Gasteiger partial charge in [-0.3, -0.25) is 0 Å². The number of halogens is 1. The number of pyridine rings is 1. The minimum absolute atomic E-state index is 0.556. The first-order valence-corrected chi connectivity index (χ1v) is 7.28. The van der Waals surface area contributed by atoms with Gasteiger partial charge in [0.05, 0.1) is 5.52 Å². The monoisotopic (exact) mass is 293 g/mol. The molecule has 1 heterocycles. The minimum Gasteiger partial charge on any atom is -0.235 e. The van der Waals surface area contributed by atoms with Crippen molar-refractivity contribution in [2.24, 2.45) is 0 Å². The third kappa shape index (κ3) is 2.34. The fourth-order valence-electron chi connectivity index (χ4n) is 2.74. The maximum Gasteiger partial charge on any atom is 0.137 e. The normalized spacial score (nSPS) is 10.8. The summed E-state index contributed by atoms with van der Waals surface area (Å²) in [6.07, 6.45) is 1.86. The SMILES string of the molecule is C=Cc1cc(C)c2nc(Cl)c(-c3ccccc3)c(C)c2c1. The zero-order valence-corrected chi connectivity index (χ0v) is 12.9. The molecule has 0 saturated heterocycles. The van der Waals surface area contributed by atoms with Gasteiger partial charge in [0.2, 0.25) is 0 Å². The predicted octanol–water partition coefficient (Wildman–Crippen LogP) is 5.82. The molecule has 0 fully saturated rings. The molecule has 0 atom stereocenters. The Bertz CT molecular complexity index is 835. The number of nitrogens with zero attached hydrogens (tertiary/aromatic N) is 1. The second-order valence-electron chi connectivity index (χ2n) is 5.21. The quantitative estimate of drug-likeness (QED) is 0.543. The van der Waals surface area contributed by atoms with Gasteiger partial charge in [-0.15, -0.1) is 0 Å². The van der Waals surface area contributed by atoms with E-state index in [9.17, 15) is 0 Å². The average molecular weight is 294 g/mol. The van der Waals surface area contributed by atoms with Crippen LogP contribution in [0.5, 0.6) is 0 Å². The van der Waals surface area contributed by atoms with Gasteiger partial charge in [0.1, 0.15) is 5.15 Å². The summed E-state index contributed by atoms with van der Waals surface area (Å²) < 4.78 is 0. The van der Waals surface area contributed by atoms with Gasteiger partial charge < -0.3 is 0 Å². The van der Waals surface area contributed by atoms with E-state index in [-0.39, 0.29) is 0 Å². The van der Waals surface area contributed by atoms with Gasteiger partial charge >= 0.3 is 0 Å². The lowest BCUT2D eigenvalue weighted by molar-refractivity contribution is 1.33. The lowest BCUT2D eigenvalue weighted by Crippen LogP contribution is -1.94. The molecule has 0 amide bonds. The van der Waals surface area contributed by atoms with Crippen LogP contribution >= 0.6 is 11.6 Å². The molecule has 0 bridgehead atoms. The van der Waals surface area contributed by atoms with E-state index < -0.39 is 0 Å². The van der Waals surface area contributed by atoms with Crippen LogP contribution in [0, 0.1) is 13.8 Å². The minimum atomic E-state index is 0.556. The zero-order chi connectivity index (χ0) is 15.0. The van der Waals surface area contributed by atoms with E-state index in [0.29, 0.717) is 5.15 Å². The molecule has 1 nitrogen and oxygen atoms in total. The Labute approximate surface area is 129 Å². The van der Waals surface area contributed by atoms with Crippen LogP contribution in [0.1, 0.15) is 16.7 Å². The Morgan fingerprint density at radius 3 is 2.48 bits per heavy atom. The van der Waals surface area contributed by atoms with Crippen LogP contribution in [0.2, 0.25) is 5.15 Å². The number of aromatic nitrogens is 1. The van der Waals surface area contributed by atoms with Crippen molar-refractivity contribution in [2.45, 2.75) is 13.8 Å². The molecule has 21 heavy (non-hydrogen) atoms. The fourth-order valence-corrected chi connectivity index (χ4v) is 3.08. The van der Waals surface area contributed by atoms with Gasteiger partial charge in [-0.2, -0.15) is 0 Å². The van der Waals surface area contributed by atoms with Crippen LogP contribution in [0.15, 0.2) is 49.0 Å². The standard InChI is InChI=1S/C19H16ClN/c1-4-14-10-12(2)18-16(11-14)13(3)17(19(20)21-18)15-8-6-5-7-9-15/h4-11H,1H2,2-3H3. The summed E-state index contributed by atoms with van der Waals surface area (Å²) in [4.78, 5) is 4.62. The molecule has 104 valence electrons. The van der Waals surface area contributed by atoms with Gasteiger partial charge in [-0.25, -0.2) is 4.98 Å². The first kappa shape index (κ1) is 13.8. The van der Waals surface area contributed by atoms with Crippen molar-refractivity contribution in [2.75, 3.05) is 0 Å². The number of hydrogen-bond donors (Lipinski definition) is 0.